The van der Waals surface area contributed by atoms with Crippen LogP contribution in [0.25, 0.3) is 6.08 Å². The van der Waals surface area contributed by atoms with E-state index in [-0.39, 0.29) is 24.0 Å². The first kappa shape index (κ1) is 22.5. The molecule has 0 aliphatic rings. The first-order valence-electron chi connectivity index (χ1n) is 9.31. The van der Waals surface area contributed by atoms with E-state index >= 15 is 0 Å². The molecule has 0 saturated heterocycles. The van der Waals surface area contributed by atoms with Crippen molar-refractivity contribution in [1.29, 1.82) is 5.26 Å². The quantitative estimate of drug-likeness (QED) is 0.681. The van der Waals surface area contributed by atoms with Crippen LogP contribution < -0.4 is 20.1 Å². The van der Waals surface area contributed by atoms with Crippen LogP contribution in [0.1, 0.15) is 36.7 Å². The summed E-state index contributed by atoms with van der Waals surface area (Å²) in [6.45, 7) is 5.65. The number of ether oxygens (including phenoxy) is 2. The molecular formula is C23H25N3O4. The fourth-order valence-electron chi connectivity index (χ4n) is 2.49. The lowest BCUT2D eigenvalue weighted by Crippen LogP contribution is -2.40. The van der Waals surface area contributed by atoms with E-state index in [2.05, 4.69) is 10.6 Å². The van der Waals surface area contributed by atoms with Crippen molar-refractivity contribution in [2.75, 3.05) is 19.0 Å². The molecule has 0 atom stereocenters. The van der Waals surface area contributed by atoms with Crippen LogP contribution >= 0.6 is 0 Å². The van der Waals surface area contributed by atoms with Gasteiger partial charge in [0.25, 0.3) is 5.91 Å². The molecule has 0 spiro atoms. The molecule has 0 unspecified atom stereocenters. The molecule has 0 bridgehead atoms. The van der Waals surface area contributed by atoms with Crippen LogP contribution in [0.2, 0.25) is 0 Å². The van der Waals surface area contributed by atoms with Crippen molar-refractivity contribution in [3.05, 3.63) is 59.7 Å². The Hall–Kier alpha value is -3.79. The molecule has 2 rings (SSSR count). The van der Waals surface area contributed by atoms with Crippen molar-refractivity contribution < 1.29 is 19.1 Å². The van der Waals surface area contributed by atoms with Crippen LogP contribution in [0.15, 0.2) is 48.5 Å². The zero-order chi connectivity index (χ0) is 22.1. The Morgan fingerprint density at radius 2 is 1.80 bits per heavy atom. The van der Waals surface area contributed by atoms with E-state index in [1.54, 1.807) is 48.5 Å². The molecule has 156 valence electrons. The molecule has 0 saturated carbocycles. The summed E-state index contributed by atoms with van der Waals surface area (Å²) in [5.41, 5.74) is 1.51. The van der Waals surface area contributed by atoms with Crippen molar-refractivity contribution in [3.8, 4) is 17.6 Å². The zero-order valence-electron chi connectivity index (χ0n) is 17.5. The lowest BCUT2D eigenvalue weighted by atomic mass is 10.1. The number of anilines is 1. The summed E-state index contributed by atoms with van der Waals surface area (Å²) in [5.74, 6) is 0.440. The number of nitriles is 1. The van der Waals surface area contributed by atoms with Gasteiger partial charge in [0.15, 0.2) is 18.1 Å². The molecule has 30 heavy (non-hydrogen) atoms. The van der Waals surface area contributed by atoms with Crippen LogP contribution in [0.3, 0.4) is 0 Å². The number of nitrogens with one attached hydrogen (secondary N) is 2. The third-order valence-corrected chi connectivity index (χ3v) is 3.81. The fourth-order valence-corrected chi connectivity index (χ4v) is 2.49. The van der Waals surface area contributed by atoms with Crippen molar-refractivity contribution >= 4 is 23.6 Å². The van der Waals surface area contributed by atoms with E-state index in [1.807, 2.05) is 26.8 Å². The standard InChI is InChI=1S/C23H25N3O4/c1-23(2,3)26-22(28)17-7-9-18(10-8-17)25-21(27)12-6-16-5-11-19(30-14-13-24)20(15-16)29-4/h5-12,15H,14H2,1-4H3,(H,25,27)(H,26,28)/b12-6+. The average molecular weight is 407 g/mol. The van der Waals surface area contributed by atoms with E-state index in [1.165, 1.54) is 13.2 Å². The Labute approximate surface area is 176 Å². The molecule has 0 aliphatic heterocycles. The normalized spacial score (nSPS) is 10.9. The number of hydrogen-bond acceptors (Lipinski definition) is 5. The maximum Gasteiger partial charge on any atom is 0.251 e. The van der Waals surface area contributed by atoms with Gasteiger partial charge in [-0.05, 0) is 68.8 Å². The van der Waals surface area contributed by atoms with Gasteiger partial charge in [0, 0.05) is 22.9 Å². The Bertz CT molecular complexity index is 967. The van der Waals surface area contributed by atoms with Crippen LogP contribution in [0, 0.1) is 11.3 Å². The van der Waals surface area contributed by atoms with Gasteiger partial charge in [-0.1, -0.05) is 6.07 Å². The summed E-state index contributed by atoms with van der Waals surface area (Å²) in [5, 5.41) is 14.2. The molecular weight excluding hydrogens is 382 g/mol. The molecule has 0 aliphatic carbocycles. The van der Waals surface area contributed by atoms with Gasteiger partial charge in [0.2, 0.25) is 5.91 Å². The second kappa shape index (κ2) is 10.1. The predicted octanol–water partition coefficient (Wildman–Crippen LogP) is 3.78. The summed E-state index contributed by atoms with van der Waals surface area (Å²) in [6.07, 6.45) is 3.03. The van der Waals surface area contributed by atoms with Gasteiger partial charge >= 0.3 is 0 Å². The number of carbonyl (C=O) groups excluding carboxylic acids is 2. The molecule has 7 heteroatoms. The van der Waals surface area contributed by atoms with E-state index < -0.39 is 0 Å². The second-order valence-electron chi connectivity index (χ2n) is 7.46. The number of benzene rings is 2. The Kier molecular flexibility index (Phi) is 7.59. The highest BCUT2D eigenvalue weighted by molar-refractivity contribution is 6.02. The van der Waals surface area contributed by atoms with E-state index in [0.29, 0.717) is 22.7 Å². The molecule has 2 amide bonds. The largest absolute Gasteiger partial charge is 0.493 e. The predicted molar refractivity (Wildman–Crippen MR) is 115 cm³/mol. The SMILES string of the molecule is COc1cc(/C=C/C(=O)Nc2ccc(C(=O)NC(C)(C)C)cc2)ccc1OCC#N. The van der Waals surface area contributed by atoms with Crippen molar-refractivity contribution in [2.45, 2.75) is 26.3 Å². The van der Waals surface area contributed by atoms with Gasteiger partial charge in [0.05, 0.1) is 7.11 Å². The van der Waals surface area contributed by atoms with E-state index in [4.69, 9.17) is 14.7 Å². The van der Waals surface area contributed by atoms with Crippen LogP contribution in [0.4, 0.5) is 5.69 Å². The number of amides is 2. The smallest absolute Gasteiger partial charge is 0.251 e. The Balaban J connectivity index is 1.99. The van der Waals surface area contributed by atoms with Gasteiger partial charge in [-0.15, -0.1) is 0 Å². The minimum atomic E-state index is -0.322. The first-order valence-corrected chi connectivity index (χ1v) is 9.31. The van der Waals surface area contributed by atoms with Crippen LogP contribution in [-0.4, -0.2) is 31.1 Å². The summed E-state index contributed by atoms with van der Waals surface area (Å²) in [6, 6.07) is 13.7. The first-order chi connectivity index (χ1) is 14.2. The maximum absolute atomic E-state index is 12.2. The van der Waals surface area contributed by atoms with E-state index in [9.17, 15) is 9.59 Å². The third kappa shape index (κ3) is 6.99. The van der Waals surface area contributed by atoms with Crippen LogP contribution in [-0.2, 0) is 4.79 Å². The fraction of sp³-hybridized carbons (Fsp3) is 0.261. The molecule has 0 heterocycles. The monoisotopic (exact) mass is 407 g/mol. The van der Waals surface area contributed by atoms with Gasteiger partial charge < -0.3 is 20.1 Å². The highest BCUT2D eigenvalue weighted by Gasteiger charge is 2.15. The molecule has 2 aromatic rings. The zero-order valence-corrected chi connectivity index (χ0v) is 17.5. The van der Waals surface area contributed by atoms with Gasteiger partial charge in [-0.2, -0.15) is 5.26 Å². The van der Waals surface area contributed by atoms with Crippen LogP contribution in [0.5, 0.6) is 11.5 Å². The molecule has 0 fully saturated rings. The molecule has 7 nitrogen and oxygen atoms in total. The molecule has 2 aromatic carbocycles. The third-order valence-electron chi connectivity index (χ3n) is 3.81. The minimum absolute atomic E-state index is 0.0788. The molecule has 2 N–H and O–H groups in total. The second-order valence-corrected chi connectivity index (χ2v) is 7.46. The lowest BCUT2D eigenvalue weighted by Gasteiger charge is -2.20. The Morgan fingerprint density at radius 1 is 1.10 bits per heavy atom. The van der Waals surface area contributed by atoms with Gasteiger partial charge in [0.1, 0.15) is 6.07 Å². The summed E-state index contributed by atoms with van der Waals surface area (Å²) < 4.78 is 10.5. The minimum Gasteiger partial charge on any atom is -0.493 e. The summed E-state index contributed by atoms with van der Waals surface area (Å²) in [4.78, 5) is 24.3. The summed E-state index contributed by atoms with van der Waals surface area (Å²) >= 11 is 0. The average Bonchev–Trinajstić information content (AvgIpc) is 2.70. The summed E-state index contributed by atoms with van der Waals surface area (Å²) in [7, 11) is 1.50. The number of methoxy groups -OCH3 is 1. The molecule has 0 aromatic heterocycles. The van der Waals surface area contributed by atoms with E-state index in [0.717, 1.165) is 5.56 Å². The highest BCUT2D eigenvalue weighted by Crippen LogP contribution is 2.28. The highest BCUT2D eigenvalue weighted by atomic mass is 16.5. The number of nitrogens with zero attached hydrogens (tertiary/aromatic N) is 1. The topological polar surface area (TPSA) is 100 Å². The number of carbonyl (C=O) groups is 2. The molecule has 0 radical (unpaired) electrons. The lowest BCUT2D eigenvalue weighted by molar-refractivity contribution is -0.111. The number of rotatable bonds is 7. The van der Waals surface area contributed by atoms with Crippen molar-refractivity contribution in [2.24, 2.45) is 0 Å². The Morgan fingerprint density at radius 3 is 2.40 bits per heavy atom. The van der Waals surface area contributed by atoms with Gasteiger partial charge in [-0.3, -0.25) is 9.59 Å². The van der Waals surface area contributed by atoms with Gasteiger partial charge in [-0.25, -0.2) is 0 Å². The van der Waals surface area contributed by atoms with Crippen molar-refractivity contribution in [3.63, 3.8) is 0 Å². The maximum atomic E-state index is 12.2. The number of hydrogen-bond donors (Lipinski definition) is 2. The van der Waals surface area contributed by atoms with Crippen molar-refractivity contribution in [1.82, 2.24) is 5.32 Å².